The van der Waals surface area contributed by atoms with E-state index in [9.17, 15) is 4.79 Å². The first-order chi connectivity index (χ1) is 10.7. The second-order valence-corrected chi connectivity index (χ2v) is 6.32. The van der Waals surface area contributed by atoms with Crippen molar-refractivity contribution in [1.82, 2.24) is 4.90 Å². The van der Waals surface area contributed by atoms with Crippen LogP contribution < -0.4 is 4.90 Å². The summed E-state index contributed by atoms with van der Waals surface area (Å²) >= 11 is 0. The average molecular weight is 302 g/mol. The first kappa shape index (κ1) is 15.3. The molecule has 0 N–H and O–H groups in total. The van der Waals surface area contributed by atoms with Crippen LogP contribution in [0.1, 0.15) is 43.0 Å². The molecule has 2 atom stereocenters. The Morgan fingerprint density at radius 1 is 1.27 bits per heavy atom. The van der Waals surface area contributed by atoms with Crippen LogP contribution in [0.4, 0.5) is 5.69 Å². The zero-order valence-electron chi connectivity index (χ0n) is 13.6. The van der Waals surface area contributed by atoms with Crippen LogP contribution in [0.3, 0.4) is 0 Å². The molecule has 2 unspecified atom stereocenters. The Kier molecular flexibility index (Phi) is 4.67. The molecule has 0 spiro atoms. The van der Waals surface area contributed by atoms with Gasteiger partial charge in [0, 0.05) is 31.4 Å². The van der Waals surface area contributed by atoms with E-state index >= 15 is 0 Å². The number of hydrogen-bond donors (Lipinski definition) is 0. The van der Waals surface area contributed by atoms with E-state index in [1.165, 1.54) is 12.8 Å². The molecule has 0 aromatic heterocycles. The number of nitrogens with zero attached hydrogens (tertiary/aromatic N) is 2. The summed E-state index contributed by atoms with van der Waals surface area (Å²) < 4.78 is 5.86. The standard InChI is InChI=1S/C18H26N2O2/c1-3-19(2)15-10-8-14(9-11-15)18(21)20-12-13-22-17-7-5-4-6-16(17)20/h8-11,16-17H,3-7,12-13H2,1-2H3. The molecule has 0 bridgehead atoms. The molecule has 1 saturated carbocycles. The van der Waals surface area contributed by atoms with Crippen LogP contribution in [-0.2, 0) is 4.74 Å². The fraction of sp³-hybridized carbons (Fsp3) is 0.611. The molecule has 1 aliphatic carbocycles. The van der Waals surface area contributed by atoms with Crippen LogP contribution >= 0.6 is 0 Å². The molecule has 0 radical (unpaired) electrons. The summed E-state index contributed by atoms with van der Waals surface area (Å²) in [4.78, 5) is 17.1. The molecule has 1 aromatic rings. The number of amides is 1. The monoisotopic (exact) mass is 302 g/mol. The van der Waals surface area contributed by atoms with Gasteiger partial charge in [-0.15, -0.1) is 0 Å². The van der Waals surface area contributed by atoms with Crippen molar-refractivity contribution in [3.05, 3.63) is 29.8 Å². The molecule has 22 heavy (non-hydrogen) atoms. The number of fused-ring (bicyclic) bond motifs is 1. The van der Waals surface area contributed by atoms with E-state index in [0.29, 0.717) is 6.61 Å². The lowest BCUT2D eigenvalue weighted by Gasteiger charge is -2.43. The van der Waals surface area contributed by atoms with Crippen molar-refractivity contribution in [3.8, 4) is 0 Å². The molecule has 2 aliphatic rings. The largest absolute Gasteiger partial charge is 0.375 e. The lowest BCUT2D eigenvalue weighted by Crippen LogP contribution is -2.54. The zero-order chi connectivity index (χ0) is 15.5. The Balaban J connectivity index is 1.75. The topological polar surface area (TPSA) is 32.8 Å². The third kappa shape index (κ3) is 2.98. The lowest BCUT2D eigenvalue weighted by atomic mass is 9.89. The highest BCUT2D eigenvalue weighted by Crippen LogP contribution is 2.29. The van der Waals surface area contributed by atoms with Crippen LogP contribution in [0.25, 0.3) is 0 Å². The van der Waals surface area contributed by atoms with Gasteiger partial charge in [-0.2, -0.15) is 0 Å². The van der Waals surface area contributed by atoms with Crippen molar-refractivity contribution in [3.63, 3.8) is 0 Å². The van der Waals surface area contributed by atoms with Crippen molar-refractivity contribution in [2.24, 2.45) is 0 Å². The minimum Gasteiger partial charge on any atom is -0.375 e. The second-order valence-electron chi connectivity index (χ2n) is 6.32. The summed E-state index contributed by atoms with van der Waals surface area (Å²) in [6.45, 7) is 4.47. The van der Waals surface area contributed by atoms with Crippen LogP contribution in [0.5, 0.6) is 0 Å². The van der Waals surface area contributed by atoms with Gasteiger partial charge in [0.05, 0.1) is 18.8 Å². The molecule has 1 amide bonds. The van der Waals surface area contributed by atoms with Crippen molar-refractivity contribution >= 4 is 11.6 Å². The fourth-order valence-electron chi connectivity index (χ4n) is 3.56. The summed E-state index contributed by atoms with van der Waals surface area (Å²) in [5.41, 5.74) is 1.94. The Morgan fingerprint density at radius 3 is 2.73 bits per heavy atom. The van der Waals surface area contributed by atoms with Gasteiger partial charge in [-0.25, -0.2) is 0 Å². The van der Waals surface area contributed by atoms with Gasteiger partial charge in [0.2, 0.25) is 0 Å². The predicted octanol–water partition coefficient (Wildman–Crippen LogP) is 2.93. The molecule has 1 heterocycles. The van der Waals surface area contributed by atoms with Crippen molar-refractivity contribution in [2.75, 3.05) is 31.6 Å². The predicted molar refractivity (Wildman–Crippen MR) is 88.4 cm³/mol. The van der Waals surface area contributed by atoms with E-state index < -0.39 is 0 Å². The number of morpholine rings is 1. The van der Waals surface area contributed by atoms with Gasteiger partial charge in [0.1, 0.15) is 0 Å². The normalized spacial score (nSPS) is 24.7. The number of carbonyl (C=O) groups is 1. The van der Waals surface area contributed by atoms with Crippen molar-refractivity contribution in [1.29, 1.82) is 0 Å². The third-order valence-electron chi connectivity index (χ3n) is 5.02. The van der Waals surface area contributed by atoms with Gasteiger partial charge in [0.15, 0.2) is 0 Å². The highest BCUT2D eigenvalue weighted by Gasteiger charge is 2.36. The minimum absolute atomic E-state index is 0.158. The molecule has 120 valence electrons. The van der Waals surface area contributed by atoms with E-state index in [1.54, 1.807) is 0 Å². The Bertz CT molecular complexity index is 512. The number of ether oxygens (including phenoxy) is 1. The highest BCUT2D eigenvalue weighted by atomic mass is 16.5. The molecule has 2 fully saturated rings. The van der Waals surface area contributed by atoms with Gasteiger partial charge < -0.3 is 14.5 Å². The van der Waals surface area contributed by atoms with E-state index in [0.717, 1.165) is 37.2 Å². The van der Waals surface area contributed by atoms with Gasteiger partial charge in [-0.3, -0.25) is 4.79 Å². The molecule has 4 heteroatoms. The molecular formula is C18H26N2O2. The van der Waals surface area contributed by atoms with E-state index in [1.807, 2.05) is 29.2 Å². The summed E-state index contributed by atoms with van der Waals surface area (Å²) in [5, 5.41) is 0. The van der Waals surface area contributed by atoms with Gasteiger partial charge in [0.25, 0.3) is 5.91 Å². The van der Waals surface area contributed by atoms with E-state index in [-0.39, 0.29) is 18.1 Å². The van der Waals surface area contributed by atoms with Gasteiger partial charge in [-0.05, 0) is 44.0 Å². The number of carbonyl (C=O) groups excluding carboxylic acids is 1. The summed E-state index contributed by atoms with van der Waals surface area (Å²) in [7, 11) is 2.06. The zero-order valence-corrected chi connectivity index (χ0v) is 13.6. The summed E-state index contributed by atoms with van der Waals surface area (Å²) in [6, 6.07) is 8.26. The number of hydrogen-bond acceptors (Lipinski definition) is 3. The maximum atomic E-state index is 12.9. The average Bonchev–Trinajstić information content (AvgIpc) is 2.60. The minimum atomic E-state index is 0.158. The summed E-state index contributed by atoms with van der Waals surface area (Å²) in [6.07, 6.45) is 4.84. The quantitative estimate of drug-likeness (QED) is 0.860. The lowest BCUT2D eigenvalue weighted by molar-refractivity contribution is -0.0752. The Labute approximate surface area is 133 Å². The Hall–Kier alpha value is -1.55. The van der Waals surface area contributed by atoms with Crippen LogP contribution in [0, 0.1) is 0 Å². The first-order valence-corrected chi connectivity index (χ1v) is 8.44. The number of benzene rings is 1. The number of anilines is 1. The fourth-order valence-corrected chi connectivity index (χ4v) is 3.56. The van der Waals surface area contributed by atoms with Gasteiger partial charge in [-0.1, -0.05) is 12.8 Å². The van der Waals surface area contributed by atoms with Crippen LogP contribution in [0.2, 0.25) is 0 Å². The smallest absolute Gasteiger partial charge is 0.254 e. The summed E-state index contributed by atoms with van der Waals surface area (Å²) in [5.74, 6) is 0.158. The van der Waals surface area contributed by atoms with Crippen molar-refractivity contribution in [2.45, 2.75) is 44.8 Å². The molecule has 4 nitrogen and oxygen atoms in total. The highest BCUT2D eigenvalue weighted by molar-refractivity contribution is 5.95. The molecule has 1 aromatic carbocycles. The third-order valence-corrected chi connectivity index (χ3v) is 5.02. The second kappa shape index (κ2) is 6.69. The van der Waals surface area contributed by atoms with Crippen LogP contribution in [0.15, 0.2) is 24.3 Å². The number of rotatable bonds is 3. The molecule has 1 aliphatic heterocycles. The van der Waals surface area contributed by atoms with Crippen molar-refractivity contribution < 1.29 is 9.53 Å². The van der Waals surface area contributed by atoms with E-state index in [2.05, 4.69) is 18.9 Å². The maximum absolute atomic E-state index is 12.9. The van der Waals surface area contributed by atoms with E-state index in [4.69, 9.17) is 4.74 Å². The Morgan fingerprint density at radius 2 is 2.00 bits per heavy atom. The first-order valence-electron chi connectivity index (χ1n) is 8.44. The molecule has 1 saturated heterocycles. The van der Waals surface area contributed by atoms with Crippen LogP contribution in [-0.4, -0.2) is 49.7 Å². The molecular weight excluding hydrogens is 276 g/mol. The molecule has 3 rings (SSSR count). The van der Waals surface area contributed by atoms with Gasteiger partial charge >= 0.3 is 0 Å². The SMILES string of the molecule is CCN(C)c1ccc(C(=O)N2CCOC3CCCCC32)cc1. The maximum Gasteiger partial charge on any atom is 0.254 e.